The van der Waals surface area contributed by atoms with E-state index in [-0.39, 0.29) is 5.82 Å². The third kappa shape index (κ3) is 2.07. The lowest BCUT2D eigenvalue weighted by Crippen LogP contribution is -1.98. The van der Waals surface area contributed by atoms with Gasteiger partial charge in [-0.3, -0.25) is 4.57 Å². The summed E-state index contributed by atoms with van der Waals surface area (Å²) in [7, 11) is 0. The molecule has 1 aromatic heterocycles. The molecule has 0 saturated heterocycles. The maximum Gasteiger partial charge on any atom is 0.173 e. The van der Waals surface area contributed by atoms with Gasteiger partial charge in [-0.15, -0.1) is 0 Å². The summed E-state index contributed by atoms with van der Waals surface area (Å²) in [6.45, 7) is 0. The van der Waals surface area contributed by atoms with Crippen molar-refractivity contribution in [3.8, 4) is 11.8 Å². The Morgan fingerprint density at radius 2 is 2.25 bits per heavy atom. The van der Waals surface area contributed by atoms with Crippen LogP contribution in [-0.2, 0) is 0 Å². The molecule has 5 heteroatoms. The predicted molar refractivity (Wildman–Crippen MR) is 59.9 cm³/mol. The van der Waals surface area contributed by atoms with Crippen molar-refractivity contribution in [2.45, 2.75) is 5.16 Å². The van der Waals surface area contributed by atoms with Crippen LogP contribution in [0.4, 0.5) is 4.39 Å². The van der Waals surface area contributed by atoms with Crippen molar-refractivity contribution >= 4 is 11.8 Å². The van der Waals surface area contributed by atoms with E-state index in [1.54, 1.807) is 35.2 Å². The van der Waals surface area contributed by atoms with Gasteiger partial charge in [-0.05, 0) is 12.1 Å². The third-order valence-corrected chi connectivity index (χ3v) is 2.82. The van der Waals surface area contributed by atoms with Gasteiger partial charge < -0.3 is 0 Å². The largest absolute Gasteiger partial charge is 0.292 e. The molecule has 1 aromatic carbocycles. The van der Waals surface area contributed by atoms with E-state index in [1.807, 2.05) is 6.07 Å². The second-order valence-corrected chi connectivity index (χ2v) is 3.92. The van der Waals surface area contributed by atoms with Crippen LogP contribution in [0.2, 0.25) is 0 Å². The zero-order valence-electron chi connectivity index (χ0n) is 8.30. The van der Waals surface area contributed by atoms with Gasteiger partial charge in [0.15, 0.2) is 5.16 Å². The van der Waals surface area contributed by atoms with Gasteiger partial charge in [0, 0.05) is 12.4 Å². The summed E-state index contributed by atoms with van der Waals surface area (Å²) in [4.78, 5) is 4.08. The molecule has 0 N–H and O–H groups in total. The molecule has 0 aliphatic rings. The number of para-hydroxylation sites is 1. The lowest BCUT2D eigenvalue weighted by molar-refractivity contribution is 0.613. The van der Waals surface area contributed by atoms with E-state index in [2.05, 4.69) is 4.98 Å². The van der Waals surface area contributed by atoms with Crippen molar-refractivity contribution in [2.75, 3.05) is 5.75 Å². The molecule has 0 radical (unpaired) electrons. The van der Waals surface area contributed by atoms with E-state index in [4.69, 9.17) is 5.26 Å². The predicted octanol–water partition coefficient (Wildman–Crippen LogP) is 2.63. The molecular weight excluding hydrogens is 225 g/mol. The molecule has 80 valence electrons. The highest BCUT2D eigenvalue weighted by molar-refractivity contribution is 7.99. The van der Waals surface area contributed by atoms with Gasteiger partial charge in [-0.1, -0.05) is 23.9 Å². The first-order valence-electron chi connectivity index (χ1n) is 4.61. The summed E-state index contributed by atoms with van der Waals surface area (Å²) in [5.41, 5.74) is 0.445. The third-order valence-electron chi connectivity index (χ3n) is 1.98. The maximum atomic E-state index is 13.5. The molecule has 0 atom stereocenters. The molecule has 0 saturated carbocycles. The molecule has 0 spiro atoms. The minimum Gasteiger partial charge on any atom is -0.292 e. The lowest BCUT2D eigenvalue weighted by atomic mass is 10.3. The fraction of sp³-hybridized carbons (Fsp3) is 0.0909. The minimum absolute atomic E-state index is 0.297. The standard InChI is InChI=1S/C11H8FN3S/c12-9-3-1-2-4-10(9)15-7-6-14-11(15)16-8-5-13/h1-4,6-7H,8H2. The number of thioether (sulfide) groups is 1. The fourth-order valence-electron chi connectivity index (χ4n) is 1.32. The van der Waals surface area contributed by atoms with E-state index in [9.17, 15) is 4.39 Å². The smallest absolute Gasteiger partial charge is 0.173 e. The minimum atomic E-state index is -0.306. The number of nitrogens with zero attached hydrogens (tertiary/aromatic N) is 3. The van der Waals surface area contributed by atoms with Crippen LogP contribution in [-0.4, -0.2) is 15.3 Å². The molecule has 16 heavy (non-hydrogen) atoms. The molecule has 2 aromatic rings. The van der Waals surface area contributed by atoms with Crippen LogP contribution in [0.15, 0.2) is 41.8 Å². The second kappa shape index (κ2) is 4.81. The van der Waals surface area contributed by atoms with E-state index >= 15 is 0 Å². The zero-order chi connectivity index (χ0) is 11.4. The van der Waals surface area contributed by atoms with Gasteiger partial charge in [0.2, 0.25) is 0 Å². The number of imidazole rings is 1. The van der Waals surface area contributed by atoms with E-state index in [0.29, 0.717) is 16.6 Å². The Bertz CT molecular complexity index is 530. The number of aromatic nitrogens is 2. The Labute approximate surface area is 96.5 Å². The van der Waals surface area contributed by atoms with Gasteiger partial charge >= 0.3 is 0 Å². The fourth-order valence-corrected chi connectivity index (χ4v) is 1.95. The van der Waals surface area contributed by atoms with Crippen molar-refractivity contribution in [2.24, 2.45) is 0 Å². The summed E-state index contributed by atoms with van der Waals surface area (Å²) in [5, 5.41) is 9.12. The van der Waals surface area contributed by atoms with E-state index in [0.717, 1.165) is 0 Å². The Kier molecular flexibility index (Phi) is 3.22. The molecule has 3 nitrogen and oxygen atoms in total. The Morgan fingerprint density at radius 3 is 3.00 bits per heavy atom. The number of benzene rings is 1. The summed E-state index contributed by atoms with van der Waals surface area (Å²) in [5.74, 6) is -0.00911. The van der Waals surface area contributed by atoms with E-state index in [1.165, 1.54) is 17.8 Å². The number of hydrogen-bond acceptors (Lipinski definition) is 3. The molecule has 0 fully saturated rings. The summed E-state index contributed by atoms with van der Waals surface area (Å²) < 4.78 is 15.2. The van der Waals surface area contributed by atoms with Gasteiger partial charge in [0.05, 0.1) is 17.5 Å². The Hall–Kier alpha value is -1.80. The average molecular weight is 233 g/mol. The van der Waals surface area contributed by atoms with Crippen LogP contribution >= 0.6 is 11.8 Å². The van der Waals surface area contributed by atoms with Gasteiger partial charge in [0.25, 0.3) is 0 Å². The monoisotopic (exact) mass is 233 g/mol. The van der Waals surface area contributed by atoms with Crippen molar-refractivity contribution < 1.29 is 4.39 Å². The topological polar surface area (TPSA) is 41.6 Å². The molecular formula is C11H8FN3S. The van der Waals surface area contributed by atoms with Gasteiger partial charge in [-0.25, -0.2) is 9.37 Å². The van der Waals surface area contributed by atoms with Crippen LogP contribution in [0.5, 0.6) is 0 Å². The number of halogens is 1. The average Bonchev–Trinajstić information content (AvgIpc) is 2.75. The molecule has 0 amide bonds. The van der Waals surface area contributed by atoms with Crippen LogP contribution in [0, 0.1) is 17.1 Å². The van der Waals surface area contributed by atoms with E-state index < -0.39 is 0 Å². The number of hydrogen-bond donors (Lipinski definition) is 0. The van der Waals surface area contributed by atoms with Gasteiger partial charge in [0.1, 0.15) is 5.82 Å². The number of rotatable bonds is 3. The normalized spacial score (nSPS) is 10.0. The first-order chi connectivity index (χ1) is 7.83. The maximum absolute atomic E-state index is 13.5. The van der Waals surface area contributed by atoms with Crippen LogP contribution in [0.25, 0.3) is 5.69 Å². The molecule has 2 rings (SSSR count). The quantitative estimate of drug-likeness (QED) is 0.765. The van der Waals surface area contributed by atoms with Crippen LogP contribution < -0.4 is 0 Å². The van der Waals surface area contributed by atoms with Gasteiger partial charge in [-0.2, -0.15) is 5.26 Å². The summed E-state index contributed by atoms with van der Waals surface area (Å²) >= 11 is 1.28. The number of nitriles is 1. The molecule has 0 aliphatic heterocycles. The molecule has 0 aliphatic carbocycles. The first kappa shape index (κ1) is 10.7. The highest BCUT2D eigenvalue weighted by Gasteiger charge is 2.08. The summed E-state index contributed by atoms with van der Waals surface area (Å²) in [6.07, 6.45) is 3.27. The lowest BCUT2D eigenvalue weighted by Gasteiger charge is -2.06. The Balaban J connectivity index is 2.38. The highest BCUT2D eigenvalue weighted by atomic mass is 32.2. The van der Waals surface area contributed by atoms with Crippen molar-refractivity contribution in [3.05, 3.63) is 42.5 Å². The Morgan fingerprint density at radius 1 is 1.44 bits per heavy atom. The van der Waals surface area contributed by atoms with Crippen LogP contribution in [0.1, 0.15) is 0 Å². The molecule has 0 unspecified atom stereocenters. The SMILES string of the molecule is N#CCSc1nccn1-c1ccccc1F. The van der Waals surface area contributed by atoms with Crippen molar-refractivity contribution in [3.63, 3.8) is 0 Å². The van der Waals surface area contributed by atoms with Crippen molar-refractivity contribution in [1.82, 2.24) is 9.55 Å². The summed E-state index contributed by atoms with van der Waals surface area (Å²) in [6, 6.07) is 8.48. The highest BCUT2D eigenvalue weighted by Crippen LogP contribution is 2.21. The van der Waals surface area contributed by atoms with Crippen molar-refractivity contribution in [1.29, 1.82) is 5.26 Å². The molecule has 0 bridgehead atoms. The second-order valence-electron chi connectivity index (χ2n) is 2.98. The molecule has 1 heterocycles. The first-order valence-corrected chi connectivity index (χ1v) is 5.59. The zero-order valence-corrected chi connectivity index (χ0v) is 9.12. The van der Waals surface area contributed by atoms with Crippen LogP contribution in [0.3, 0.4) is 0 Å².